The highest BCUT2D eigenvalue weighted by Crippen LogP contribution is 2.21. The Kier molecular flexibility index (Phi) is 5.99. The molecule has 1 unspecified atom stereocenters. The minimum Gasteiger partial charge on any atom is -0.368 e. The van der Waals surface area contributed by atoms with Crippen molar-refractivity contribution in [2.75, 3.05) is 36.4 Å². The lowest BCUT2D eigenvalue weighted by atomic mass is 10.2. The molecule has 2 heterocycles. The van der Waals surface area contributed by atoms with Gasteiger partial charge in [-0.25, -0.2) is 4.98 Å². The molecule has 0 aliphatic carbocycles. The van der Waals surface area contributed by atoms with Crippen molar-refractivity contribution < 1.29 is 4.79 Å². The SMILES string of the molecule is CCC(C)Nc1ccc(C(=O)N2CCN(c3cccc(Cl)c3)CC2)cn1. The van der Waals surface area contributed by atoms with Gasteiger partial charge in [-0.05, 0) is 43.7 Å². The van der Waals surface area contributed by atoms with Crippen LogP contribution in [0.5, 0.6) is 0 Å². The first-order valence-corrected chi connectivity index (χ1v) is 9.47. The fourth-order valence-corrected chi connectivity index (χ4v) is 3.17. The van der Waals surface area contributed by atoms with Crippen LogP contribution in [0.1, 0.15) is 30.6 Å². The lowest BCUT2D eigenvalue weighted by molar-refractivity contribution is 0.0746. The van der Waals surface area contributed by atoms with E-state index in [0.717, 1.165) is 36.0 Å². The van der Waals surface area contributed by atoms with Gasteiger partial charge in [-0.15, -0.1) is 0 Å². The fourth-order valence-electron chi connectivity index (χ4n) is 2.98. The second kappa shape index (κ2) is 8.41. The molecule has 0 saturated carbocycles. The lowest BCUT2D eigenvalue weighted by Crippen LogP contribution is -2.48. The van der Waals surface area contributed by atoms with Gasteiger partial charge in [-0.1, -0.05) is 24.6 Å². The molecule has 0 radical (unpaired) electrons. The highest BCUT2D eigenvalue weighted by atomic mass is 35.5. The summed E-state index contributed by atoms with van der Waals surface area (Å²) >= 11 is 6.07. The first-order chi connectivity index (χ1) is 12.6. The molecule has 1 fully saturated rings. The number of rotatable bonds is 5. The van der Waals surface area contributed by atoms with E-state index in [4.69, 9.17) is 11.6 Å². The van der Waals surface area contributed by atoms with E-state index in [-0.39, 0.29) is 5.91 Å². The van der Waals surface area contributed by atoms with Gasteiger partial charge in [-0.3, -0.25) is 4.79 Å². The summed E-state index contributed by atoms with van der Waals surface area (Å²) in [5, 5.41) is 4.05. The average molecular weight is 373 g/mol. The van der Waals surface area contributed by atoms with Crippen molar-refractivity contribution in [3.05, 3.63) is 53.2 Å². The van der Waals surface area contributed by atoms with Crippen LogP contribution in [0.15, 0.2) is 42.6 Å². The Hall–Kier alpha value is -2.27. The van der Waals surface area contributed by atoms with Gasteiger partial charge < -0.3 is 15.1 Å². The van der Waals surface area contributed by atoms with E-state index in [1.54, 1.807) is 6.20 Å². The number of halogens is 1. The highest BCUT2D eigenvalue weighted by Gasteiger charge is 2.22. The fraction of sp³-hybridized carbons (Fsp3) is 0.400. The lowest BCUT2D eigenvalue weighted by Gasteiger charge is -2.36. The molecule has 6 heteroatoms. The van der Waals surface area contributed by atoms with Gasteiger partial charge in [0, 0.05) is 49.1 Å². The van der Waals surface area contributed by atoms with Gasteiger partial charge in [0.25, 0.3) is 5.91 Å². The molecule has 1 saturated heterocycles. The number of carbonyl (C=O) groups excluding carboxylic acids is 1. The van der Waals surface area contributed by atoms with Gasteiger partial charge in [0.15, 0.2) is 0 Å². The Morgan fingerprint density at radius 2 is 2.00 bits per heavy atom. The third-order valence-corrected chi connectivity index (χ3v) is 4.99. The number of hydrogen-bond donors (Lipinski definition) is 1. The summed E-state index contributed by atoms with van der Waals surface area (Å²) in [6.45, 7) is 7.22. The van der Waals surface area contributed by atoms with Crippen molar-refractivity contribution >= 4 is 29.0 Å². The number of carbonyl (C=O) groups is 1. The molecule has 5 nitrogen and oxygen atoms in total. The van der Waals surface area contributed by atoms with Crippen molar-refractivity contribution in [2.24, 2.45) is 0 Å². The van der Waals surface area contributed by atoms with Crippen LogP contribution in [0.25, 0.3) is 0 Å². The van der Waals surface area contributed by atoms with E-state index in [0.29, 0.717) is 24.7 Å². The minimum absolute atomic E-state index is 0.0401. The molecule has 0 bridgehead atoms. The van der Waals surface area contributed by atoms with Crippen molar-refractivity contribution in [2.45, 2.75) is 26.3 Å². The Balaban J connectivity index is 1.58. The summed E-state index contributed by atoms with van der Waals surface area (Å²) in [5.74, 6) is 0.847. The summed E-state index contributed by atoms with van der Waals surface area (Å²) in [4.78, 5) is 21.2. The van der Waals surface area contributed by atoms with E-state index < -0.39 is 0 Å². The number of benzene rings is 1. The number of nitrogens with zero attached hydrogens (tertiary/aromatic N) is 3. The number of nitrogens with one attached hydrogen (secondary N) is 1. The molecule has 3 rings (SSSR count). The number of hydrogen-bond acceptors (Lipinski definition) is 4. The van der Waals surface area contributed by atoms with Crippen LogP contribution in [0.3, 0.4) is 0 Å². The number of aromatic nitrogens is 1. The predicted molar refractivity (Wildman–Crippen MR) is 107 cm³/mol. The summed E-state index contributed by atoms with van der Waals surface area (Å²) in [5.41, 5.74) is 1.74. The van der Waals surface area contributed by atoms with Gasteiger partial charge >= 0.3 is 0 Å². The average Bonchev–Trinajstić information content (AvgIpc) is 2.68. The summed E-state index contributed by atoms with van der Waals surface area (Å²) in [6.07, 6.45) is 2.69. The van der Waals surface area contributed by atoms with E-state index in [1.165, 1.54) is 0 Å². The van der Waals surface area contributed by atoms with Crippen LogP contribution >= 0.6 is 11.6 Å². The van der Waals surface area contributed by atoms with Gasteiger partial charge in [0.05, 0.1) is 5.56 Å². The summed E-state index contributed by atoms with van der Waals surface area (Å²) < 4.78 is 0. The Labute approximate surface area is 160 Å². The van der Waals surface area contributed by atoms with Crippen LogP contribution in [0.2, 0.25) is 5.02 Å². The van der Waals surface area contributed by atoms with E-state index in [1.807, 2.05) is 35.2 Å². The van der Waals surface area contributed by atoms with E-state index >= 15 is 0 Å². The molecule has 138 valence electrons. The zero-order valence-corrected chi connectivity index (χ0v) is 16.0. The molecular formula is C20H25ClN4O. The maximum Gasteiger partial charge on any atom is 0.255 e. The Morgan fingerprint density at radius 3 is 2.62 bits per heavy atom. The predicted octanol–water partition coefficient (Wildman–Crippen LogP) is 3.91. The maximum atomic E-state index is 12.7. The molecule has 1 aliphatic heterocycles. The number of amides is 1. The quantitative estimate of drug-likeness (QED) is 0.864. The van der Waals surface area contributed by atoms with Crippen molar-refractivity contribution in [1.29, 1.82) is 0 Å². The molecular weight excluding hydrogens is 348 g/mol. The summed E-state index contributed by atoms with van der Waals surface area (Å²) in [6, 6.07) is 11.9. The van der Waals surface area contributed by atoms with Crippen molar-refractivity contribution in [3.8, 4) is 0 Å². The van der Waals surface area contributed by atoms with Crippen LogP contribution in [0, 0.1) is 0 Å². The molecule has 1 aromatic carbocycles. The minimum atomic E-state index is 0.0401. The van der Waals surface area contributed by atoms with Crippen LogP contribution in [-0.2, 0) is 0 Å². The molecule has 0 spiro atoms. The van der Waals surface area contributed by atoms with Crippen LogP contribution < -0.4 is 10.2 Å². The second-order valence-electron chi connectivity index (χ2n) is 6.64. The highest BCUT2D eigenvalue weighted by molar-refractivity contribution is 6.30. The molecule has 1 amide bonds. The number of pyridine rings is 1. The molecule has 26 heavy (non-hydrogen) atoms. The van der Waals surface area contributed by atoms with Gasteiger partial charge in [-0.2, -0.15) is 0 Å². The maximum absolute atomic E-state index is 12.7. The smallest absolute Gasteiger partial charge is 0.255 e. The van der Waals surface area contributed by atoms with Crippen LogP contribution in [-0.4, -0.2) is 48.0 Å². The van der Waals surface area contributed by atoms with Gasteiger partial charge in [0.1, 0.15) is 5.82 Å². The van der Waals surface area contributed by atoms with Crippen molar-refractivity contribution in [3.63, 3.8) is 0 Å². The Bertz CT molecular complexity index is 742. The number of anilines is 2. The van der Waals surface area contributed by atoms with Crippen LogP contribution in [0.4, 0.5) is 11.5 Å². The first-order valence-electron chi connectivity index (χ1n) is 9.09. The second-order valence-corrected chi connectivity index (χ2v) is 7.08. The zero-order chi connectivity index (χ0) is 18.5. The molecule has 1 aliphatic rings. The van der Waals surface area contributed by atoms with Gasteiger partial charge in [0.2, 0.25) is 0 Å². The monoisotopic (exact) mass is 372 g/mol. The Morgan fingerprint density at radius 1 is 1.23 bits per heavy atom. The third-order valence-electron chi connectivity index (χ3n) is 4.76. The molecule has 1 N–H and O–H groups in total. The zero-order valence-electron chi connectivity index (χ0n) is 15.3. The first kappa shape index (κ1) is 18.5. The third kappa shape index (κ3) is 4.47. The topological polar surface area (TPSA) is 48.5 Å². The normalized spacial score (nSPS) is 15.7. The molecule has 1 aromatic heterocycles. The standard InChI is InChI=1S/C20H25ClN4O/c1-3-15(2)23-19-8-7-16(14-22-19)20(26)25-11-9-24(10-12-25)18-6-4-5-17(21)13-18/h4-8,13-15H,3,9-12H2,1-2H3,(H,22,23). The number of piperazine rings is 1. The van der Waals surface area contributed by atoms with E-state index in [9.17, 15) is 4.79 Å². The van der Waals surface area contributed by atoms with Crippen molar-refractivity contribution in [1.82, 2.24) is 9.88 Å². The van der Waals surface area contributed by atoms with E-state index in [2.05, 4.69) is 35.1 Å². The largest absolute Gasteiger partial charge is 0.368 e. The molecule has 2 aromatic rings. The molecule has 1 atom stereocenters. The summed E-state index contributed by atoms with van der Waals surface area (Å²) in [7, 11) is 0.